The van der Waals surface area contributed by atoms with Crippen LogP contribution in [-0.4, -0.2) is 24.9 Å². The van der Waals surface area contributed by atoms with Crippen molar-refractivity contribution in [2.75, 3.05) is 5.75 Å². The molecule has 4 nitrogen and oxygen atoms in total. The first kappa shape index (κ1) is 11.1. The molecule has 0 unspecified atom stereocenters. The van der Waals surface area contributed by atoms with Crippen molar-refractivity contribution in [3.05, 3.63) is 23.5 Å². The van der Waals surface area contributed by atoms with E-state index in [2.05, 4.69) is 4.98 Å². The highest BCUT2D eigenvalue weighted by atomic mass is 35.5. The molecule has 0 saturated heterocycles. The monoisotopic (exact) mass is 233 g/mol. The van der Waals surface area contributed by atoms with E-state index >= 15 is 0 Å². The molecule has 0 bridgehead atoms. The van der Waals surface area contributed by atoms with Crippen molar-refractivity contribution in [3.8, 4) is 0 Å². The number of Topliss-reactive ketones (excluding diaryl/α,β-unsaturated/α-hetero) is 1. The van der Waals surface area contributed by atoms with Gasteiger partial charge in [-0.3, -0.25) is 4.79 Å². The van der Waals surface area contributed by atoms with Gasteiger partial charge in [0.25, 0.3) is 0 Å². The lowest BCUT2D eigenvalue weighted by molar-refractivity contribution is -0.114. The Hall–Kier alpha value is -0.940. The number of aromatic nitrogens is 1. The molecule has 76 valence electrons. The summed E-state index contributed by atoms with van der Waals surface area (Å²) in [5.41, 5.74) is 0. The third-order valence-electron chi connectivity index (χ3n) is 1.45. The van der Waals surface area contributed by atoms with Gasteiger partial charge in [0.15, 0.2) is 9.84 Å². The summed E-state index contributed by atoms with van der Waals surface area (Å²) in [6.07, 6.45) is 1.38. The maximum Gasteiger partial charge on any atom is 0.188 e. The van der Waals surface area contributed by atoms with E-state index in [1.165, 1.54) is 25.3 Å². The highest BCUT2D eigenvalue weighted by Gasteiger charge is 2.20. The minimum atomic E-state index is -3.63. The van der Waals surface area contributed by atoms with Crippen LogP contribution in [0.15, 0.2) is 23.2 Å². The van der Waals surface area contributed by atoms with Gasteiger partial charge in [-0.05, 0) is 19.1 Å². The lowest BCUT2D eigenvalue weighted by Gasteiger charge is -2.02. The fraction of sp³-hybridized carbons (Fsp3) is 0.250. The highest BCUT2D eigenvalue weighted by Crippen LogP contribution is 2.18. The molecule has 0 aliphatic heterocycles. The van der Waals surface area contributed by atoms with Crippen molar-refractivity contribution in [3.63, 3.8) is 0 Å². The van der Waals surface area contributed by atoms with Crippen LogP contribution in [0.2, 0.25) is 5.15 Å². The van der Waals surface area contributed by atoms with Gasteiger partial charge in [0.2, 0.25) is 0 Å². The van der Waals surface area contributed by atoms with E-state index in [0.29, 0.717) is 0 Å². The van der Waals surface area contributed by atoms with Gasteiger partial charge < -0.3 is 0 Å². The zero-order valence-electron chi connectivity index (χ0n) is 7.40. The second kappa shape index (κ2) is 4.06. The van der Waals surface area contributed by atoms with Gasteiger partial charge >= 0.3 is 0 Å². The molecule has 0 fully saturated rings. The van der Waals surface area contributed by atoms with E-state index in [1.54, 1.807) is 0 Å². The quantitative estimate of drug-likeness (QED) is 0.734. The van der Waals surface area contributed by atoms with Crippen molar-refractivity contribution >= 4 is 27.2 Å². The number of nitrogens with zero attached hydrogens (tertiary/aromatic N) is 1. The van der Waals surface area contributed by atoms with E-state index in [9.17, 15) is 13.2 Å². The van der Waals surface area contributed by atoms with Crippen LogP contribution in [-0.2, 0) is 14.6 Å². The summed E-state index contributed by atoms with van der Waals surface area (Å²) in [6, 6.07) is 2.78. The largest absolute Gasteiger partial charge is 0.299 e. The Bertz CT molecular complexity index is 455. The molecule has 0 atom stereocenters. The predicted octanol–water partition coefficient (Wildman–Crippen LogP) is 1.10. The fourth-order valence-electron chi connectivity index (χ4n) is 0.949. The number of hydrogen-bond acceptors (Lipinski definition) is 4. The molecule has 6 heteroatoms. The standard InChI is InChI=1S/C8H8ClNO3S/c1-6(11)5-14(12,13)7-3-2-4-10-8(7)9/h2-4H,5H2,1H3. The molecule has 0 aliphatic carbocycles. The Balaban J connectivity index is 3.17. The van der Waals surface area contributed by atoms with E-state index in [1.807, 2.05) is 0 Å². The third-order valence-corrected chi connectivity index (χ3v) is 3.65. The Morgan fingerprint density at radius 2 is 2.21 bits per heavy atom. The molecule has 0 aliphatic rings. The number of carbonyl (C=O) groups excluding carboxylic acids is 1. The van der Waals surface area contributed by atoms with Gasteiger partial charge in [0.1, 0.15) is 21.6 Å². The van der Waals surface area contributed by atoms with E-state index < -0.39 is 21.4 Å². The van der Waals surface area contributed by atoms with Crippen molar-refractivity contribution in [2.24, 2.45) is 0 Å². The minimum Gasteiger partial charge on any atom is -0.299 e. The molecule has 0 radical (unpaired) electrons. The number of halogens is 1. The molecule has 0 spiro atoms. The highest BCUT2D eigenvalue weighted by molar-refractivity contribution is 7.92. The Morgan fingerprint density at radius 3 is 2.71 bits per heavy atom. The zero-order valence-corrected chi connectivity index (χ0v) is 8.97. The summed E-state index contributed by atoms with van der Waals surface area (Å²) in [4.78, 5) is 14.2. The summed E-state index contributed by atoms with van der Waals surface area (Å²) >= 11 is 5.59. The van der Waals surface area contributed by atoms with Crippen LogP contribution in [0.25, 0.3) is 0 Å². The van der Waals surface area contributed by atoms with Crippen molar-refractivity contribution in [2.45, 2.75) is 11.8 Å². The molecule has 0 N–H and O–H groups in total. The molecule has 14 heavy (non-hydrogen) atoms. The van der Waals surface area contributed by atoms with Crippen LogP contribution in [0.1, 0.15) is 6.92 Å². The lowest BCUT2D eigenvalue weighted by Crippen LogP contribution is -2.14. The number of rotatable bonds is 3. The van der Waals surface area contributed by atoms with E-state index in [-0.39, 0.29) is 10.0 Å². The zero-order chi connectivity index (χ0) is 10.8. The summed E-state index contributed by atoms with van der Waals surface area (Å²) in [7, 11) is -3.63. The average molecular weight is 234 g/mol. The topological polar surface area (TPSA) is 64.1 Å². The summed E-state index contributed by atoms with van der Waals surface area (Å²) < 4.78 is 23.0. The third kappa shape index (κ3) is 2.52. The maximum absolute atomic E-state index is 11.5. The van der Waals surface area contributed by atoms with Gasteiger partial charge in [0.05, 0.1) is 0 Å². The molecular weight excluding hydrogens is 226 g/mol. The second-order valence-electron chi connectivity index (χ2n) is 2.75. The normalized spacial score (nSPS) is 11.3. The average Bonchev–Trinajstić information content (AvgIpc) is 2.02. The first-order chi connectivity index (χ1) is 6.43. The molecule has 1 rings (SSSR count). The van der Waals surface area contributed by atoms with Gasteiger partial charge in [-0.25, -0.2) is 13.4 Å². The van der Waals surface area contributed by atoms with Crippen LogP contribution < -0.4 is 0 Å². The van der Waals surface area contributed by atoms with Crippen LogP contribution >= 0.6 is 11.6 Å². The van der Waals surface area contributed by atoms with E-state index in [0.717, 1.165) is 0 Å². The molecule has 1 aromatic rings. The first-order valence-corrected chi connectivity index (χ1v) is 5.79. The van der Waals surface area contributed by atoms with E-state index in [4.69, 9.17) is 11.6 Å². The number of carbonyl (C=O) groups is 1. The summed E-state index contributed by atoms with van der Waals surface area (Å²) in [5, 5.41) is -0.103. The SMILES string of the molecule is CC(=O)CS(=O)(=O)c1cccnc1Cl. The molecule has 0 amide bonds. The number of ketones is 1. The molecule has 1 heterocycles. The molecule has 0 aromatic carbocycles. The van der Waals surface area contributed by atoms with Gasteiger partial charge in [-0.2, -0.15) is 0 Å². The first-order valence-electron chi connectivity index (χ1n) is 3.76. The van der Waals surface area contributed by atoms with Crippen LogP contribution in [0.5, 0.6) is 0 Å². The number of sulfone groups is 1. The summed E-state index contributed by atoms with van der Waals surface area (Å²) in [6.45, 7) is 1.21. The van der Waals surface area contributed by atoms with Crippen molar-refractivity contribution < 1.29 is 13.2 Å². The fourth-order valence-corrected chi connectivity index (χ4v) is 2.71. The van der Waals surface area contributed by atoms with Crippen LogP contribution in [0.4, 0.5) is 0 Å². The number of hydrogen-bond donors (Lipinski definition) is 0. The maximum atomic E-state index is 11.5. The van der Waals surface area contributed by atoms with Crippen molar-refractivity contribution in [1.29, 1.82) is 0 Å². The Labute approximate surface area is 86.8 Å². The molecular formula is C8H8ClNO3S. The van der Waals surface area contributed by atoms with Crippen LogP contribution in [0.3, 0.4) is 0 Å². The Kier molecular flexibility index (Phi) is 3.23. The summed E-state index contributed by atoms with van der Waals surface area (Å²) in [5.74, 6) is -0.969. The van der Waals surface area contributed by atoms with Crippen LogP contribution in [0, 0.1) is 0 Å². The van der Waals surface area contributed by atoms with Gasteiger partial charge in [-0.15, -0.1) is 0 Å². The number of pyridine rings is 1. The molecule has 0 saturated carbocycles. The Morgan fingerprint density at radius 1 is 1.57 bits per heavy atom. The minimum absolute atomic E-state index is 0.100. The smallest absolute Gasteiger partial charge is 0.188 e. The predicted molar refractivity (Wildman–Crippen MR) is 52.0 cm³/mol. The van der Waals surface area contributed by atoms with Gasteiger partial charge in [-0.1, -0.05) is 11.6 Å². The molecule has 1 aromatic heterocycles. The van der Waals surface area contributed by atoms with Crippen molar-refractivity contribution in [1.82, 2.24) is 4.98 Å². The van der Waals surface area contributed by atoms with Gasteiger partial charge in [0, 0.05) is 6.20 Å². The second-order valence-corrected chi connectivity index (χ2v) is 5.07. The lowest BCUT2D eigenvalue weighted by atomic mass is 10.5.